The molecule has 1 heterocycles. The zero-order valence-electron chi connectivity index (χ0n) is 14.4. The van der Waals surface area contributed by atoms with Crippen LogP contribution in [0.4, 0.5) is 0 Å². The Morgan fingerprint density at radius 3 is 2.65 bits per heavy atom. The highest BCUT2D eigenvalue weighted by Gasteiger charge is 2.16. The fraction of sp³-hybridized carbons (Fsp3) is 0.353. The van der Waals surface area contributed by atoms with Crippen molar-refractivity contribution in [3.63, 3.8) is 0 Å². The van der Waals surface area contributed by atoms with Gasteiger partial charge in [0.25, 0.3) is 5.89 Å². The Kier molecular flexibility index (Phi) is 6.49. The van der Waals surface area contributed by atoms with Gasteiger partial charge in [-0.2, -0.15) is 9.71 Å². The minimum atomic E-state index is -3.71. The van der Waals surface area contributed by atoms with Crippen LogP contribution in [0.15, 0.2) is 33.7 Å². The molecule has 0 bridgehead atoms. The number of sulfonamides is 1. The van der Waals surface area contributed by atoms with Crippen LogP contribution in [0.2, 0.25) is 0 Å². The van der Waals surface area contributed by atoms with Gasteiger partial charge in [0, 0.05) is 6.42 Å². The molecule has 0 saturated heterocycles. The lowest BCUT2D eigenvalue weighted by Gasteiger charge is -2.05. The topological polar surface area (TPSA) is 111 Å². The summed E-state index contributed by atoms with van der Waals surface area (Å²) >= 11 is 0. The Labute approximate surface area is 152 Å². The van der Waals surface area contributed by atoms with E-state index in [0.29, 0.717) is 18.2 Å². The molecule has 26 heavy (non-hydrogen) atoms. The van der Waals surface area contributed by atoms with Crippen LogP contribution < -0.4 is 4.72 Å². The van der Waals surface area contributed by atoms with E-state index in [1.807, 2.05) is 13.8 Å². The molecule has 1 N–H and O–H groups in total. The highest BCUT2D eigenvalue weighted by atomic mass is 32.2. The first kappa shape index (κ1) is 19.6. The van der Waals surface area contributed by atoms with Crippen molar-refractivity contribution in [2.24, 2.45) is 5.92 Å². The van der Waals surface area contributed by atoms with Crippen LogP contribution in [0.5, 0.6) is 0 Å². The van der Waals surface area contributed by atoms with Crippen molar-refractivity contribution in [1.29, 1.82) is 0 Å². The highest BCUT2D eigenvalue weighted by molar-refractivity contribution is 7.89. The molecule has 8 nitrogen and oxygen atoms in total. The number of benzene rings is 1. The first-order valence-corrected chi connectivity index (χ1v) is 9.32. The average Bonchev–Trinajstić information content (AvgIpc) is 3.04. The number of hydrogen-bond acceptors (Lipinski definition) is 7. The smallest absolute Gasteiger partial charge is 0.338 e. The molecule has 0 saturated carbocycles. The third kappa shape index (κ3) is 5.40. The van der Waals surface area contributed by atoms with Crippen LogP contribution >= 0.6 is 0 Å². The highest BCUT2D eigenvalue weighted by Crippen LogP contribution is 2.12. The number of hydrogen-bond donors (Lipinski definition) is 1. The Morgan fingerprint density at radius 2 is 2.04 bits per heavy atom. The van der Waals surface area contributed by atoms with Crippen molar-refractivity contribution < 1.29 is 22.5 Å². The molecular formula is C17H19N3O5S. The average molecular weight is 377 g/mol. The molecule has 0 aliphatic carbocycles. The van der Waals surface area contributed by atoms with Gasteiger partial charge in [0.1, 0.15) is 0 Å². The number of terminal acetylenes is 1. The summed E-state index contributed by atoms with van der Waals surface area (Å²) in [7, 11) is -3.71. The summed E-state index contributed by atoms with van der Waals surface area (Å²) in [4.78, 5) is 16.2. The van der Waals surface area contributed by atoms with Gasteiger partial charge in [0.2, 0.25) is 10.0 Å². The summed E-state index contributed by atoms with van der Waals surface area (Å²) in [6.07, 6.45) is 5.70. The summed E-state index contributed by atoms with van der Waals surface area (Å²) in [5.74, 6) is 2.69. The Bertz CT molecular complexity index is 895. The van der Waals surface area contributed by atoms with Gasteiger partial charge in [-0.05, 0) is 30.2 Å². The molecule has 0 unspecified atom stereocenters. The lowest BCUT2D eigenvalue weighted by molar-refractivity contribution is 0.0429. The largest absolute Gasteiger partial charge is 0.452 e. The Hall–Kier alpha value is -2.70. The zero-order valence-corrected chi connectivity index (χ0v) is 15.2. The van der Waals surface area contributed by atoms with Crippen LogP contribution in [0.25, 0.3) is 0 Å². The minimum absolute atomic E-state index is 0.000437. The summed E-state index contributed by atoms with van der Waals surface area (Å²) in [5, 5.41) is 3.81. The SMILES string of the molecule is C#CCNS(=O)(=O)c1ccc(C(=O)OCc2nc(CC(C)C)no2)cc1. The van der Waals surface area contributed by atoms with Gasteiger partial charge in [-0.1, -0.05) is 24.9 Å². The fourth-order valence-corrected chi connectivity index (χ4v) is 2.93. The number of ether oxygens (including phenoxy) is 1. The summed E-state index contributed by atoms with van der Waals surface area (Å²) in [5.41, 5.74) is 0.197. The van der Waals surface area contributed by atoms with Crippen LogP contribution in [0.1, 0.15) is 35.9 Å². The molecule has 0 spiro atoms. The number of esters is 1. The summed E-state index contributed by atoms with van der Waals surface area (Å²) in [6.45, 7) is 3.78. The summed E-state index contributed by atoms with van der Waals surface area (Å²) in [6, 6.07) is 5.29. The van der Waals surface area contributed by atoms with Crippen molar-refractivity contribution in [1.82, 2.24) is 14.9 Å². The molecule has 1 aromatic heterocycles. The van der Waals surface area contributed by atoms with E-state index in [0.717, 1.165) is 0 Å². The number of nitrogens with one attached hydrogen (secondary N) is 1. The van der Waals surface area contributed by atoms with E-state index in [-0.39, 0.29) is 29.5 Å². The van der Waals surface area contributed by atoms with Gasteiger partial charge in [-0.25, -0.2) is 13.2 Å². The monoisotopic (exact) mass is 377 g/mol. The number of aromatic nitrogens is 2. The van der Waals surface area contributed by atoms with E-state index < -0.39 is 16.0 Å². The third-order valence-corrected chi connectivity index (χ3v) is 4.61. The van der Waals surface area contributed by atoms with Gasteiger partial charge in [-0.3, -0.25) is 0 Å². The molecule has 2 rings (SSSR count). The van der Waals surface area contributed by atoms with E-state index >= 15 is 0 Å². The molecular weight excluding hydrogens is 358 g/mol. The predicted octanol–water partition coefficient (Wildman–Crippen LogP) is 1.54. The normalized spacial score (nSPS) is 11.3. The molecule has 9 heteroatoms. The van der Waals surface area contributed by atoms with Gasteiger partial charge < -0.3 is 9.26 Å². The van der Waals surface area contributed by atoms with Gasteiger partial charge in [0.15, 0.2) is 12.4 Å². The van der Waals surface area contributed by atoms with E-state index in [9.17, 15) is 13.2 Å². The maximum absolute atomic E-state index is 12.0. The van der Waals surface area contributed by atoms with Crippen molar-refractivity contribution in [3.8, 4) is 12.3 Å². The maximum atomic E-state index is 12.0. The third-order valence-electron chi connectivity index (χ3n) is 3.19. The standard InChI is InChI=1S/C17H19N3O5S/c1-4-9-18-26(22,23)14-7-5-13(6-8-14)17(21)24-11-16-19-15(20-25-16)10-12(2)3/h1,5-8,12,18H,9-11H2,2-3H3. The second-order valence-electron chi connectivity index (χ2n) is 5.83. The second kappa shape index (κ2) is 8.60. The fourth-order valence-electron chi connectivity index (χ4n) is 2.00. The lowest BCUT2D eigenvalue weighted by atomic mass is 10.1. The van der Waals surface area contributed by atoms with Crippen molar-refractivity contribution >= 4 is 16.0 Å². The van der Waals surface area contributed by atoms with Crippen molar-refractivity contribution in [2.45, 2.75) is 31.8 Å². The number of rotatable bonds is 8. The Balaban J connectivity index is 1.96. The molecule has 138 valence electrons. The zero-order chi connectivity index (χ0) is 19.2. The first-order chi connectivity index (χ1) is 12.3. The van der Waals surface area contributed by atoms with Crippen LogP contribution in [0.3, 0.4) is 0 Å². The molecule has 1 aromatic carbocycles. The molecule has 0 aliphatic heterocycles. The van der Waals surface area contributed by atoms with Gasteiger partial charge in [-0.15, -0.1) is 6.42 Å². The van der Waals surface area contributed by atoms with Crippen LogP contribution in [-0.4, -0.2) is 31.1 Å². The van der Waals surface area contributed by atoms with E-state index in [1.54, 1.807) is 0 Å². The Morgan fingerprint density at radius 1 is 1.35 bits per heavy atom. The van der Waals surface area contributed by atoms with Crippen LogP contribution in [0, 0.1) is 18.3 Å². The van der Waals surface area contributed by atoms with Crippen molar-refractivity contribution in [3.05, 3.63) is 41.5 Å². The number of carbonyl (C=O) groups excluding carboxylic acids is 1. The second-order valence-corrected chi connectivity index (χ2v) is 7.60. The lowest BCUT2D eigenvalue weighted by Crippen LogP contribution is -2.23. The molecule has 0 atom stereocenters. The van der Waals surface area contributed by atoms with E-state index in [2.05, 4.69) is 20.8 Å². The van der Waals surface area contributed by atoms with Gasteiger partial charge >= 0.3 is 5.97 Å². The predicted molar refractivity (Wildman–Crippen MR) is 92.4 cm³/mol. The van der Waals surface area contributed by atoms with E-state index in [4.69, 9.17) is 15.7 Å². The molecule has 2 aromatic rings. The first-order valence-electron chi connectivity index (χ1n) is 7.83. The molecule has 0 amide bonds. The maximum Gasteiger partial charge on any atom is 0.338 e. The summed E-state index contributed by atoms with van der Waals surface area (Å²) < 4.78 is 36.2. The molecule has 0 fully saturated rings. The number of carbonyl (C=O) groups is 1. The quantitative estimate of drug-likeness (QED) is 0.548. The van der Waals surface area contributed by atoms with Crippen molar-refractivity contribution in [2.75, 3.05) is 6.54 Å². The number of nitrogens with zero attached hydrogens (tertiary/aromatic N) is 2. The molecule has 0 radical (unpaired) electrons. The van der Waals surface area contributed by atoms with E-state index in [1.165, 1.54) is 24.3 Å². The minimum Gasteiger partial charge on any atom is -0.452 e. The van der Waals surface area contributed by atoms with Crippen LogP contribution in [-0.2, 0) is 27.8 Å². The van der Waals surface area contributed by atoms with Gasteiger partial charge in [0.05, 0.1) is 17.0 Å². The molecule has 0 aliphatic rings.